The van der Waals surface area contributed by atoms with Gasteiger partial charge in [0.2, 0.25) is 0 Å². The van der Waals surface area contributed by atoms with Crippen molar-refractivity contribution in [2.75, 3.05) is 39.3 Å². The molecule has 2 rings (SSSR count). The second-order valence-corrected chi connectivity index (χ2v) is 6.57. The zero-order valence-corrected chi connectivity index (χ0v) is 11.5. The molecule has 0 aromatic carbocycles. The van der Waals surface area contributed by atoms with E-state index in [0.717, 1.165) is 12.6 Å². The zero-order valence-electron chi connectivity index (χ0n) is 11.5. The number of rotatable bonds is 4. The van der Waals surface area contributed by atoms with Crippen LogP contribution in [0.1, 0.15) is 39.5 Å². The van der Waals surface area contributed by atoms with E-state index >= 15 is 0 Å². The van der Waals surface area contributed by atoms with Crippen LogP contribution in [0.5, 0.6) is 0 Å². The molecule has 17 heavy (non-hydrogen) atoms. The number of hydrogen-bond donors (Lipinski definition) is 1. The molecule has 0 bridgehead atoms. The molecule has 0 amide bonds. The van der Waals surface area contributed by atoms with Gasteiger partial charge in [-0.2, -0.15) is 0 Å². The van der Waals surface area contributed by atoms with Crippen molar-refractivity contribution in [2.45, 2.75) is 45.6 Å². The Bertz CT molecular complexity index is 228. The van der Waals surface area contributed by atoms with Crippen LogP contribution in [0.15, 0.2) is 0 Å². The fraction of sp³-hybridized carbons (Fsp3) is 1.00. The standard InChI is InChI=1S/C14H28N2O/c1-14(2,12-17)11-15-7-9-16(10-8-15)13-5-3-4-6-13/h13,17H,3-12H2,1-2H3. The minimum absolute atomic E-state index is 0.0511. The van der Waals surface area contributed by atoms with E-state index in [1.54, 1.807) is 0 Å². The fourth-order valence-electron chi connectivity index (χ4n) is 3.21. The highest BCUT2D eigenvalue weighted by Crippen LogP contribution is 2.25. The molecule has 2 fully saturated rings. The smallest absolute Gasteiger partial charge is 0.0494 e. The molecule has 0 aromatic rings. The van der Waals surface area contributed by atoms with Crippen LogP contribution in [-0.4, -0.2) is 60.3 Å². The topological polar surface area (TPSA) is 26.7 Å². The average Bonchev–Trinajstić information content (AvgIpc) is 2.83. The maximum atomic E-state index is 9.31. The van der Waals surface area contributed by atoms with Gasteiger partial charge in [-0.15, -0.1) is 0 Å². The summed E-state index contributed by atoms with van der Waals surface area (Å²) in [6, 6.07) is 0.878. The summed E-state index contributed by atoms with van der Waals surface area (Å²) in [4.78, 5) is 5.21. The molecule has 1 saturated carbocycles. The van der Waals surface area contributed by atoms with Crippen LogP contribution >= 0.6 is 0 Å². The van der Waals surface area contributed by atoms with Crippen molar-refractivity contribution < 1.29 is 5.11 Å². The molecule has 0 radical (unpaired) electrons. The van der Waals surface area contributed by atoms with Gasteiger partial charge in [-0.05, 0) is 12.8 Å². The molecular formula is C14H28N2O. The lowest BCUT2D eigenvalue weighted by molar-refractivity contribution is 0.0520. The Morgan fingerprint density at radius 3 is 2.18 bits per heavy atom. The molecule has 100 valence electrons. The van der Waals surface area contributed by atoms with Crippen LogP contribution in [-0.2, 0) is 0 Å². The monoisotopic (exact) mass is 240 g/mol. The lowest BCUT2D eigenvalue weighted by atomic mass is 9.94. The highest BCUT2D eigenvalue weighted by molar-refractivity contribution is 4.83. The first-order valence-corrected chi connectivity index (χ1v) is 7.18. The molecule has 1 aliphatic carbocycles. The Morgan fingerprint density at radius 2 is 1.65 bits per heavy atom. The minimum Gasteiger partial charge on any atom is -0.396 e. The van der Waals surface area contributed by atoms with Gasteiger partial charge in [0.15, 0.2) is 0 Å². The first-order valence-electron chi connectivity index (χ1n) is 7.18. The van der Waals surface area contributed by atoms with Crippen LogP contribution in [0.25, 0.3) is 0 Å². The maximum Gasteiger partial charge on any atom is 0.0494 e. The van der Waals surface area contributed by atoms with Gasteiger partial charge in [-0.25, -0.2) is 0 Å². The summed E-state index contributed by atoms with van der Waals surface area (Å²) in [5, 5.41) is 9.31. The van der Waals surface area contributed by atoms with Crippen molar-refractivity contribution in [1.29, 1.82) is 0 Å². The van der Waals surface area contributed by atoms with E-state index in [2.05, 4.69) is 23.6 Å². The summed E-state index contributed by atoms with van der Waals surface area (Å²) in [7, 11) is 0. The van der Waals surface area contributed by atoms with Gasteiger partial charge < -0.3 is 10.0 Å². The van der Waals surface area contributed by atoms with Gasteiger partial charge in [0.05, 0.1) is 0 Å². The van der Waals surface area contributed by atoms with E-state index in [0.29, 0.717) is 0 Å². The number of piperazine rings is 1. The van der Waals surface area contributed by atoms with Crippen molar-refractivity contribution in [3.63, 3.8) is 0 Å². The molecule has 0 spiro atoms. The summed E-state index contributed by atoms with van der Waals surface area (Å²) in [6.45, 7) is 10.4. The van der Waals surface area contributed by atoms with E-state index in [1.165, 1.54) is 51.9 Å². The van der Waals surface area contributed by atoms with Crippen LogP contribution in [0.4, 0.5) is 0 Å². The maximum absolute atomic E-state index is 9.31. The lowest BCUT2D eigenvalue weighted by Crippen LogP contribution is -2.51. The second kappa shape index (κ2) is 5.68. The van der Waals surface area contributed by atoms with Crippen molar-refractivity contribution in [2.24, 2.45) is 5.41 Å². The van der Waals surface area contributed by atoms with E-state index in [-0.39, 0.29) is 12.0 Å². The summed E-state index contributed by atoms with van der Waals surface area (Å²) in [5.74, 6) is 0. The number of nitrogens with zero attached hydrogens (tertiary/aromatic N) is 2. The Labute approximate surface area is 106 Å². The molecule has 3 nitrogen and oxygen atoms in total. The molecule has 1 N–H and O–H groups in total. The number of aliphatic hydroxyl groups is 1. The summed E-state index contributed by atoms with van der Waals surface area (Å²) < 4.78 is 0. The third kappa shape index (κ3) is 3.67. The molecule has 2 aliphatic rings. The van der Waals surface area contributed by atoms with E-state index in [1.807, 2.05) is 0 Å². The normalized spacial score (nSPS) is 25.6. The average molecular weight is 240 g/mol. The van der Waals surface area contributed by atoms with Gasteiger partial charge in [0.25, 0.3) is 0 Å². The molecule has 1 heterocycles. The fourth-order valence-corrected chi connectivity index (χ4v) is 3.21. The largest absolute Gasteiger partial charge is 0.396 e. The van der Waals surface area contributed by atoms with Gasteiger partial charge in [0.1, 0.15) is 0 Å². The van der Waals surface area contributed by atoms with Crippen LogP contribution < -0.4 is 0 Å². The SMILES string of the molecule is CC(C)(CO)CN1CCN(C2CCCC2)CC1. The van der Waals surface area contributed by atoms with Gasteiger partial charge in [0, 0.05) is 50.8 Å². The first-order chi connectivity index (χ1) is 8.11. The minimum atomic E-state index is 0.0511. The van der Waals surface area contributed by atoms with Gasteiger partial charge in [-0.1, -0.05) is 26.7 Å². The molecule has 1 saturated heterocycles. The Balaban J connectivity index is 1.74. The molecule has 0 unspecified atom stereocenters. The molecule has 0 aromatic heterocycles. The molecule has 3 heteroatoms. The first kappa shape index (κ1) is 13.3. The molecule has 1 aliphatic heterocycles. The lowest BCUT2D eigenvalue weighted by Gasteiger charge is -2.40. The van der Waals surface area contributed by atoms with E-state index in [9.17, 15) is 5.11 Å². The van der Waals surface area contributed by atoms with Crippen molar-refractivity contribution in [1.82, 2.24) is 9.80 Å². The van der Waals surface area contributed by atoms with Gasteiger partial charge in [-0.3, -0.25) is 4.90 Å². The number of hydrogen-bond acceptors (Lipinski definition) is 3. The third-order valence-electron chi connectivity index (χ3n) is 4.33. The Kier molecular flexibility index (Phi) is 4.45. The Hall–Kier alpha value is -0.120. The van der Waals surface area contributed by atoms with Crippen molar-refractivity contribution in [3.8, 4) is 0 Å². The predicted molar refractivity (Wildman–Crippen MR) is 71.1 cm³/mol. The highest BCUT2D eigenvalue weighted by atomic mass is 16.3. The predicted octanol–water partition coefficient (Wildman–Crippen LogP) is 1.57. The van der Waals surface area contributed by atoms with E-state index < -0.39 is 0 Å². The summed E-state index contributed by atoms with van der Waals surface area (Å²) in [6.07, 6.45) is 5.70. The quantitative estimate of drug-likeness (QED) is 0.808. The Morgan fingerprint density at radius 1 is 1.06 bits per heavy atom. The van der Waals surface area contributed by atoms with E-state index in [4.69, 9.17) is 0 Å². The zero-order chi connectivity index (χ0) is 12.3. The second-order valence-electron chi connectivity index (χ2n) is 6.57. The van der Waals surface area contributed by atoms with Crippen LogP contribution in [0.3, 0.4) is 0 Å². The van der Waals surface area contributed by atoms with Crippen molar-refractivity contribution in [3.05, 3.63) is 0 Å². The number of aliphatic hydroxyl groups excluding tert-OH is 1. The molecular weight excluding hydrogens is 212 g/mol. The highest BCUT2D eigenvalue weighted by Gasteiger charge is 2.28. The third-order valence-corrected chi connectivity index (χ3v) is 4.33. The summed E-state index contributed by atoms with van der Waals surface area (Å²) in [5.41, 5.74) is 0.0511. The van der Waals surface area contributed by atoms with Crippen LogP contribution in [0, 0.1) is 5.41 Å². The molecule has 0 atom stereocenters. The van der Waals surface area contributed by atoms with Crippen molar-refractivity contribution >= 4 is 0 Å². The van der Waals surface area contributed by atoms with Gasteiger partial charge >= 0.3 is 0 Å². The summed E-state index contributed by atoms with van der Waals surface area (Å²) >= 11 is 0. The van der Waals surface area contributed by atoms with Crippen LogP contribution in [0.2, 0.25) is 0 Å².